The lowest BCUT2D eigenvalue weighted by Gasteiger charge is -2.26. The van der Waals surface area contributed by atoms with E-state index in [4.69, 9.17) is 26.8 Å². The summed E-state index contributed by atoms with van der Waals surface area (Å²) in [6.45, 7) is 2.29. The van der Waals surface area contributed by atoms with E-state index in [-0.39, 0.29) is 12.0 Å². The molecule has 1 fully saturated rings. The quantitative estimate of drug-likeness (QED) is 0.842. The van der Waals surface area contributed by atoms with Crippen molar-refractivity contribution in [1.29, 1.82) is 0 Å². The lowest BCUT2D eigenvalue weighted by Crippen LogP contribution is -2.24. The van der Waals surface area contributed by atoms with Gasteiger partial charge in [0, 0.05) is 19.0 Å². The highest BCUT2D eigenvalue weighted by atomic mass is 35.5. The lowest BCUT2D eigenvalue weighted by molar-refractivity contribution is 0.297. The average Bonchev–Trinajstić information content (AvgIpc) is 2.93. The molecule has 0 unspecified atom stereocenters. The van der Waals surface area contributed by atoms with E-state index in [0.29, 0.717) is 18.4 Å². The summed E-state index contributed by atoms with van der Waals surface area (Å²) >= 11 is 6.04. The number of aromatic nitrogens is 2. The normalized spacial score (nSPS) is 20.0. The van der Waals surface area contributed by atoms with Crippen LogP contribution in [-0.4, -0.2) is 29.7 Å². The molecule has 6 nitrogen and oxygen atoms in total. The summed E-state index contributed by atoms with van der Waals surface area (Å²) in [5.74, 6) is 2.59. The van der Waals surface area contributed by atoms with Crippen molar-refractivity contribution in [2.45, 2.75) is 25.3 Å². The highest BCUT2D eigenvalue weighted by Gasteiger charge is 2.28. The summed E-state index contributed by atoms with van der Waals surface area (Å²) < 4.78 is 11.5. The van der Waals surface area contributed by atoms with Crippen molar-refractivity contribution in [2.75, 3.05) is 30.4 Å². The molecule has 7 heteroatoms. The molecule has 0 bridgehead atoms. The lowest BCUT2D eigenvalue weighted by atomic mass is 10.0. The molecule has 3 heterocycles. The van der Waals surface area contributed by atoms with Gasteiger partial charge in [-0.05, 0) is 30.5 Å². The molecule has 2 aliphatic rings. The van der Waals surface area contributed by atoms with E-state index in [9.17, 15) is 0 Å². The molecule has 1 aromatic heterocycles. The number of nitrogen functional groups attached to an aromatic ring is 1. The SMILES string of the molecule is Nc1nc(Cl)cc(N2CCC[C@H]2c2ccc3c(c2)OCCCO3)n1. The van der Waals surface area contributed by atoms with Crippen molar-refractivity contribution in [1.82, 2.24) is 9.97 Å². The third-order valence-electron chi connectivity index (χ3n) is 4.40. The number of rotatable bonds is 2. The maximum absolute atomic E-state index is 6.04. The molecule has 1 atom stereocenters. The molecule has 0 aliphatic carbocycles. The van der Waals surface area contributed by atoms with Gasteiger partial charge in [-0.25, -0.2) is 4.98 Å². The number of ether oxygens (including phenoxy) is 2. The van der Waals surface area contributed by atoms with Crippen LogP contribution in [0.1, 0.15) is 30.9 Å². The van der Waals surface area contributed by atoms with E-state index < -0.39 is 0 Å². The Morgan fingerprint density at radius 3 is 2.75 bits per heavy atom. The molecule has 0 saturated carbocycles. The number of benzene rings is 1. The van der Waals surface area contributed by atoms with Gasteiger partial charge in [0.25, 0.3) is 0 Å². The first-order valence-electron chi connectivity index (χ1n) is 8.17. The minimum Gasteiger partial charge on any atom is -0.490 e. The van der Waals surface area contributed by atoms with Gasteiger partial charge in [-0.1, -0.05) is 17.7 Å². The molecule has 2 aliphatic heterocycles. The van der Waals surface area contributed by atoms with Crippen molar-refractivity contribution < 1.29 is 9.47 Å². The average molecular weight is 347 g/mol. The highest BCUT2D eigenvalue weighted by molar-refractivity contribution is 6.29. The van der Waals surface area contributed by atoms with Gasteiger partial charge in [0.15, 0.2) is 11.5 Å². The Morgan fingerprint density at radius 1 is 1.08 bits per heavy atom. The van der Waals surface area contributed by atoms with Crippen molar-refractivity contribution in [3.05, 3.63) is 35.0 Å². The third-order valence-corrected chi connectivity index (χ3v) is 4.60. The van der Waals surface area contributed by atoms with Gasteiger partial charge in [0.05, 0.1) is 19.3 Å². The molecule has 0 spiro atoms. The van der Waals surface area contributed by atoms with Gasteiger partial charge in [0.1, 0.15) is 11.0 Å². The van der Waals surface area contributed by atoms with E-state index in [1.165, 1.54) is 5.56 Å². The van der Waals surface area contributed by atoms with Gasteiger partial charge in [0.2, 0.25) is 5.95 Å². The standard InChI is InChI=1S/C17H19ClN4O2/c18-15-10-16(21-17(19)20-15)22-6-1-3-12(22)11-4-5-13-14(9-11)24-8-2-7-23-13/h4-5,9-10,12H,1-3,6-8H2,(H2,19,20,21)/t12-/m0/s1. The minimum atomic E-state index is 0.196. The minimum absolute atomic E-state index is 0.196. The van der Waals surface area contributed by atoms with Gasteiger partial charge in [-0.15, -0.1) is 0 Å². The fraction of sp³-hybridized carbons (Fsp3) is 0.412. The zero-order valence-electron chi connectivity index (χ0n) is 13.2. The second kappa shape index (κ2) is 6.36. The Hall–Kier alpha value is -2.21. The molecule has 4 rings (SSSR count). The van der Waals surface area contributed by atoms with E-state index >= 15 is 0 Å². The molecule has 1 saturated heterocycles. The Labute approximate surface area is 145 Å². The number of hydrogen-bond donors (Lipinski definition) is 1. The van der Waals surface area contributed by atoms with E-state index in [1.54, 1.807) is 6.07 Å². The zero-order chi connectivity index (χ0) is 16.5. The predicted octanol–water partition coefficient (Wildman–Crippen LogP) is 3.22. The molecular formula is C17H19ClN4O2. The van der Waals surface area contributed by atoms with Crippen LogP contribution in [0, 0.1) is 0 Å². The summed E-state index contributed by atoms with van der Waals surface area (Å²) in [6.07, 6.45) is 3.03. The van der Waals surface area contributed by atoms with Gasteiger partial charge >= 0.3 is 0 Å². The smallest absolute Gasteiger partial charge is 0.223 e. The van der Waals surface area contributed by atoms with Crippen LogP contribution in [-0.2, 0) is 0 Å². The molecular weight excluding hydrogens is 328 g/mol. The number of nitrogens with zero attached hydrogens (tertiary/aromatic N) is 3. The molecule has 1 aromatic carbocycles. The Bertz CT molecular complexity index is 735. The van der Waals surface area contributed by atoms with Crippen LogP contribution in [0.5, 0.6) is 11.5 Å². The van der Waals surface area contributed by atoms with Crippen LogP contribution in [0.3, 0.4) is 0 Å². The molecule has 24 heavy (non-hydrogen) atoms. The van der Waals surface area contributed by atoms with Crippen molar-refractivity contribution >= 4 is 23.4 Å². The third kappa shape index (κ3) is 2.94. The first-order chi connectivity index (χ1) is 11.7. The molecule has 2 aromatic rings. The molecule has 0 radical (unpaired) electrons. The van der Waals surface area contributed by atoms with Crippen molar-refractivity contribution in [3.63, 3.8) is 0 Å². The second-order valence-corrected chi connectivity index (χ2v) is 6.40. The summed E-state index contributed by atoms with van der Waals surface area (Å²) in [7, 11) is 0. The Kier molecular flexibility index (Phi) is 4.06. The topological polar surface area (TPSA) is 73.5 Å². The molecule has 126 valence electrons. The Balaban J connectivity index is 1.66. The number of hydrogen-bond acceptors (Lipinski definition) is 6. The van der Waals surface area contributed by atoms with Crippen molar-refractivity contribution in [3.8, 4) is 11.5 Å². The van der Waals surface area contributed by atoms with Crippen LogP contribution in [0.4, 0.5) is 11.8 Å². The van der Waals surface area contributed by atoms with E-state index in [1.807, 2.05) is 6.07 Å². The first-order valence-corrected chi connectivity index (χ1v) is 8.55. The number of halogens is 1. The monoisotopic (exact) mass is 346 g/mol. The van der Waals surface area contributed by atoms with Crippen LogP contribution in [0.2, 0.25) is 5.15 Å². The zero-order valence-corrected chi connectivity index (χ0v) is 14.0. The summed E-state index contributed by atoms with van der Waals surface area (Å²) in [5, 5.41) is 0.363. The van der Waals surface area contributed by atoms with Crippen LogP contribution in [0.15, 0.2) is 24.3 Å². The maximum Gasteiger partial charge on any atom is 0.223 e. The van der Waals surface area contributed by atoms with Crippen LogP contribution >= 0.6 is 11.6 Å². The van der Waals surface area contributed by atoms with E-state index in [0.717, 1.165) is 43.1 Å². The number of fused-ring (bicyclic) bond motifs is 1. The largest absolute Gasteiger partial charge is 0.490 e. The fourth-order valence-corrected chi connectivity index (χ4v) is 3.53. The van der Waals surface area contributed by atoms with Crippen LogP contribution < -0.4 is 20.1 Å². The second-order valence-electron chi connectivity index (χ2n) is 6.02. The summed E-state index contributed by atoms with van der Waals surface area (Å²) in [4.78, 5) is 10.5. The summed E-state index contributed by atoms with van der Waals surface area (Å²) in [5.41, 5.74) is 6.94. The summed E-state index contributed by atoms with van der Waals surface area (Å²) in [6, 6.07) is 8.15. The van der Waals surface area contributed by atoms with Gasteiger partial charge < -0.3 is 20.1 Å². The maximum atomic E-state index is 6.04. The van der Waals surface area contributed by atoms with Crippen molar-refractivity contribution in [2.24, 2.45) is 0 Å². The van der Waals surface area contributed by atoms with Gasteiger partial charge in [-0.3, -0.25) is 0 Å². The highest BCUT2D eigenvalue weighted by Crippen LogP contribution is 2.39. The molecule has 0 amide bonds. The van der Waals surface area contributed by atoms with Gasteiger partial charge in [-0.2, -0.15) is 4.98 Å². The predicted molar refractivity (Wildman–Crippen MR) is 92.8 cm³/mol. The first kappa shape index (κ1) is 15.3. The van der Waals surface area contributed by atoms with E-state index in [2.05, 4.69) is 27.0 Å². The Morgan fingerprint density at radius 2 is 1.92 bits per heavy atom. The number of nitrogens with two attached hydrogens (primary N) is 1. The van der Waals surface area contributed by atoms with Crippen LogP contribution in [0.25, 0.3) is 0 Å². The number of anilines is 2. The fourth-order valence-electron chi connectivity index (χ4n) is 3.34. The molecule has 2 N–H and O–H groups in total.